The van der Waals surface area contributed by atoms with Crippen LogP contribution in [0.4, 0.5) is 4.79 Å². The summed E-state index contributed by atoms with van der Waals surface area (Å²) >= 11 is 0. The van der Waals surface area contributed by atoms with E-state index in [0.29, 0.717) is 12.5 Å². The number of fused-ring (bicyclic) bond motifs is 2. The van der Waals surface area contributed by atoms with E-state index < -0.39 is 0 Å². The molecule has 3 fully saturated rings. The highest BCUT2D eigenvalue weighted by atomic mass is 16.2. The highest BCUT2D eigenvalue weighted by Crippen LogP contribution is 2.37. The molecule has 3 aliphatic rings. The number of amides is 3. The Hall–Kier alpha value is -1.26. The van der Waals surface area contributed by atoms with E-state index in [1.807, 2.05) is 11.8 Å². The van der Waals surface area contributed by atoms with E-state index in [1.165, 1.54) is 12.8 Å². The van der Waals surface area contributed by atoms with Crippen LogP contribution in [-0.4, -0.2) is 41.5 Å². The van der Waals surface area contributed by atoms with Crippen molar-refractivity contribution in [3.63, 3.8) is 0 Å². The zero-order valence-electron chi connectivity index (χ0n) is 10.8. The second-order valence-corrected chi connectivity index (χ2v) is 5.94. The lowest BCUT2D eigenvalue weighted by Crippen LogP contribution is -2.57. The molecule has 2 aliphatic heterocycles. The van der Waals surface area contributed by atoms with Gasteiger partial charge in [0.2, 0.25) is 5.91 Å². The summed E-state index contributed by atoms with van der Waals surface area (Å²) in [6, 6.07) is 0.642. The maximum Gasteiger partial charge on any atom is 0.317 e. The molecule has 3 rings (SSSR count). The minimum atomic E-state index is 0.0370. The second kappa shape index (κ2) is 4.44. The van der Waals surface area contributed by atoms with Crippen LogP contribution in [-0.2, 0) is 4.79 Å². The lowest BCUT2D eigenvalue weighted by Gasteiger charge is -2.34. The predicted molar refractivity (Wildman–Crippen MR) is 67.0 cm³/mol. The van der Waals surface area contributed by atoms with E-state index in [9.17, 15) is 9.59 Å². The number of piperidine rings is 2. The Kier molecular flexibility index (Phi) is 2.92. The number of rotatable bonds is 1. The minimum absolute atomic E-state index is 0.0370. The van der Waals surface area contributed by atoms with Crippen LogP contribution in [0, 0.1) is 5.92 Å². The van der Waals surface area contributed by atoms with E-state index in [-0.39, 0.29) is 24.0 Å². The molecule has 0 aromatic carbocycles. The standard InChI is InChI=1S/C13H21N3O2/c1-8-11(4-5-12(17)14-8)15-13(18)16-7-9-2-3-10(16)6-9/h8-11H,2-7H2,1H3,(H,14,17)(H,15,18). The van der Waals surface area contributed by atoms with Gasteiger partial charge in [0.05, 0.1) is 6.04 Å². The van der Waals surface area contributed by atoms with Crippen LogP contribution in [0.25, 0.3) is 0 Å². The van der Waals surface area contributed by atoms with Crippen molar-refractivity contribution < 1.29 is 9.59 Å². The maximum atomic E-state index is 12.2. The molecule has 0 aromatic heterocycles. The Balaban J connectivity index is 1.56. The molecular weight excluding hydrogens is 230 g/mol. The third-order valence-corrected chi connectivity index (χ3v) is 4.65. The summed E-state index contributed by atoms with van der Waals surface area (Å²) in [4.78, 5) is 25.5. The Labute approximate surface area is 107 Å². The number of carbonyl (C=O) groups is 2. The van der Waals surface area contributed by atoms with Crippen LogP contribution < -0.4 is 10.6 Å². The summed E-state index contributed by atoms with van der Waals surface area (Å²) in [6.45, 7) is 2.88. The minimum Gasteiger partial charge on any atom is -0.352 e. The molecule has 3 amide bonds. The monoisotopic (exact) mass is 251 g/mol. The summed E-state index contributed by atoms with van der Waals surface area (Å²) in [7, 11) is 0. The maximum absolute atomic E-state index is 12.2. The molecule has 1 aliphatic carbocycles. The molecule has 2 N–H and O–H groups in total. The molecule has 1 saturated carbocycles. The number of nitrogens with one attached hydrogen (secondary N) is 2. The molecule has 100 valence electrons. The molecule has 18 heavy (non-hydrogen) atoms. The van der Waals surface area contributed by atoms with Crippen molar-refractivity contribution in [2.24, 2.45) is 5.92 Å². The number of urea groups is 1. The lowest BCUT2D eigenvalue weighted by atomic mass is 9.99. The largest absolute Gasteiger partial charge is 0.352 e. The molecular formula is C13H21N3O2. The van der Waals surface area contributed by atoms with Crippen molar-refractivity contribution in [1.82, 2.24) is 15.5 Å². The Morgan fingerprint density at radius 1 is 1.39 bits per heavy atom. The fraction of sp³-hybridized carbons (Fsp3) is 0.846. The van der Waals surface area contributed by atoms with Gasteiger partial charge in [-0.2, -0.15) is 0 Å². The van der Waals surface area contributed by atoms with Crippen molar-refractivity contribution in [3.05, 3.63) is 0 Å². The van der Waals surface area contributed by atoms with Gasteiger partial charge in [-0.05, 0) is 38.5 Å². The van der Waals surface area contributed by atoms with Gasteiger partial charge in [0.15, 0.2) is 0 Å². The topological polar surface area (TPSA) is 61.4 Å². The van der Waals surface area contributed by atoms with Crippen molar-refractivity contribution in [2.75, 3.05) is 6.54 Å². The van der Waals surface area contributed by atoms with Gasteiger partial charge < -0.3 is 15.5 Å². The summed E-state index contributed by atoms with van der Waals surface area (Å²) < 4.78 is 0. The van der Waals surface area contributed by atoms with Crippen LogP contribution in [0.15, 0.2) is 0 Å². The van der Waals surface area contributed by atoms with E-state index >= 15 is 0 Å². The first kappa shape index (κ1) is 11.8. The van der Waals surface area contributed by atoms with Gasteiger partial charge in [0.1, 0.15) is 0 Å². The molecule has 4 atom stereocenters. The number of hydrogen-bond acceptors (Lipinski definition) is 2. The first-order valence-corrected chi connectivity index (χ1v) is 7.00. The SMILES string of the molecule is CC1NC(=O)CCC1NC(=O)N1CC2CCC1C2. The summed E-state index contributed by atoms with van der Waals surface area (Å²) in [5, 5.41) is 5.98. The third kappa shape index (κ3) is 2.06. The average molecular weight is 251 g/mol. The molecule has 0 radical (unpaired) electrons. The van der Waals surface area contributed by atoms with Gasteiger partial charge in [-0.25, -0.2) is 4.79 Å². The molecule has 5 heteroatoms. The number of carbonyl (C=O) groups excluding carboxylic acids is 2. The van der Waals surface area contributed by atoms with Crippen LogP contribution in [0.1, 0.15) is 39.0 Å². The third-order valence-electron chi connectivity index (χ3n) is 4.65. The molecule has 0 aromatic rings. The van der Waals surface area contributed by atoms with Crippen LogP contribution in [0.2, 0.25) is 0 Å². The normalized spacial score (nSPS) is 38.7. The van der Waals surface area contributed by atoms with E-state index in [4.69, 9.17) is 0 Å². The Bertz CT molecular complexity index is 371. The highest BCUT2D eigenvalue weighted by Gasteiger charge is 2.41. The summed E-state index contributed by atoms with van der Waals surface area (Å²) in [6.07, 6.45) is 4.89. The quantitative estimate of drug-likeness (QED) is 0.725. The molecule has 5 nitrogen and oxygen atoms in total. The van der Waals surface area contributed by atoms with Crippen molar-refractivity contribution >= 4 is 11.9 Å². The van der Waals surface area contributed by atoms with Crippen LogP contribution in [0.5, 0.6) is 0 Å². The average Bonchev–Trinajstić information content (AvgIpc) is 2.94. The zero-order valence-corrected chi connectivity index (χ0v) is 10.8. The first-order valence-electron chi connectivity index (χ1n) is 7.00. The molecule has 2 saturated heterocycles. The van der Waals surface area contributed by atoms with Crippen molar-refractivity contribution in [3.8, 4) is 0 Å². The van der Waals surface area contributed by atoms with Crippen LogP contribution >= 0.6 is 0 Å². The van der Waals surface area contributed by atoms with Gasteiger partial charge in [-0.3, -0.25) is 4.79 Å². The summed E-state index contributed by atoms with van der Waals surface area (Å²) in [5.41, 5.74) is 0. The molecule has 2 heterocycles. The van der Waals surface area contributed by atoms with Crippen molar-refractivity contribution in [2.45, 2.75) is 57.2 Å². The van der Waals surface area contributed by atoms with E-state index in [2.05, 4.69) is 10.6 Å². The molecule has 0 spiro atoms. The molecule has 2 bridgehead atoms. The van der Waals surface area contributed by atoms with Gasteiger partial charge >= 0.3 is 6.03 Å². The summed E-state index contributed by atoms with van der Waals surface area (Å²) in [5.74, 6) is 0.817. The predicted octanol–water partition coefficient (Wildman–Crippen LogP) is 0.847. The molecule has 4 unspecified atom stereocenters. The fourth-order valence-electron chi connectivity index (χ4n) is 3.58. The van der Waals surface area contributed by atoms with E-state index in [1.54, 1.807) is 0 Å². The number of nitrogens with zero attached hydrogens (tertiary/aromatic N) is 1. The van der Waals surface area contributed by atoms with Gasteiger partial charge in [0, 0.05) is 25.0 Å². The lowest BCUT2D eigenvalue weighted by molar-refractivity contribution is -0.123. The van der Waals surface area contributed by atoms with Crippen LogP contribution in [0.3, 0.4) is 0 Å². The Morgan fingerprint density at radius 3 is 2.83 bits per heavy atom. The zero-order chi connectivity index (χ0) is 12.7. The second-order valence-electron chi connectivity index (χ2n) is 5.94. The fourth-order valence-corrected chi connectivity index (χ4v) is 3.58. The van der Waals surface area contributed by atoms with Gasteiger partial charge in [0.25, 0.3) is 0 Å². The highest BCUT2D eigenvalue weighted by molar-refractivity contribution is 5.79. The smallest absolute Gasteiger partial charge is 0.317 e. The van der Waals surface area contributed by atoms with Gasteiger partial charge in [-0.1, -0.05) is 0 Å². The van der Waals surface area contributed by atoms with Crippen molar-refractivity contribution in [1.29, 1.82) is 0 Å². The Morgan fingerprint density at radius 2 is 2.22 bits per heavy atom. The first-order chi connectivity index (χ1) is 8.63. The number of likely N-dealkylation sites (tertiary alicyclic amines) is 1. The van der Waals surface area contributed by atoms with Gasteiger partial charge in [-0.15, -0.1) is 0 Å². The van der Waals surface area contributed by atoms with E-state index in [0.717, 1.165) is 25.3 Å². The number of hydrogen-bond donors (Lipinski definition) is 2.